The van der Waals surface area contributed by atoms with Crippen LogP contribution in [0.3, 0.4) is 0 Å². The van der Waals surface area contributed by atoms with Crippen LogP contribution in [0.1, 0.15) is 15.9 Å². The first-order valence-electron chi connectivity index (χ1n) is 8.12. The minimum Gasteiger partial charge on any atom is -0.289 e. The summed E-state index contributed by atoms with van der Waals surface area (Å²) in [4.78, 5) is 12.5. The zero-order valence-electron chi connectivity index (χ0n) is 14.6. The third-order valence-corrected chi connectivity index (χ3v) is 5.95. The van der Waals surface area contributed by atoms with E-state index in [1.165, 1.54) is 44.4 Å². The largest absolute Gasteiger partial charge is 0.289 e. The maximum absolute atomic E-state index is 12.3. The van der Waals surface area contributed by atoms with Crippen molar-refractivity contribution in [3.05, 3.63) is 83.9 Å². The number of carbonyl (C=O) groups is 1. The number of hydrogen-bond donors (Lipinski definition) is 0. The van der Waals surface area contributed by atoms with Crippen LogP contribution >= 0.6 is 0 Å². The number of hydrogen-bond acceptors (Lipinski definition) is 3. The molecule has 3 aromatic carbocycles. The van der Waals surface area contributed by atoms with Gasteiger partial charge in [0.1, 0.15) is 0 Å². The molecule has 3 rings (SSSR count). The molecule has 0 atom stereocenters. The summed E-state index contributed by atoms with van der Waals surface area (Å²) in [6.07, 6.45) is 3.26. The number of nitrogens with zero attached hydrogens (tertiary/aromatic N) is 1. The van der Waals surface area contributed by atoms with Crippen LogP contribution in [0, 0.1) is 0 Å². The van der Waals surface area contributed by atoms with Crippen LogP contribution in [0.2, 0.25) is 0 Å². The van der Waals surface area contributed by atoms with Crippen LogP contribution < -0.4 is 0 Å². The van der Waals surface area contributed by atoms with Crippen molar-refractivity contribution in [2.45, 2.75) is 4.90 Å². The molecule has 3 aromatic rings. The summed E-state index contributed by atoms with van der Waals surface area (Å²) < 4.78 is 25.3. The van der Waals surface area contributed by atoms with E-state index < -0.39 is 10.0 Å². The molecule has 0 N–H and O–H groups in total. The second-order valence-corrected chi connectivity index (χ2v) is 8.27. The molecule has 0 bridgehead atoms. The molecule has 0 unspecified atom stereocenters. The highest BCUT2D eigenvalue weighted by Gasteiger charge is 2.17. The Balaban J connectivity index is 1.79. The molecule has 0 aliphatic heterocycles. The SMILES string of the molecule is CN(C)S(=O)(=O)c1ccc(C(=O)/C=C/c2ccc3ccccc3c2)cc1. The Bertz CT molecular complexity index is 1080. The summed E-state index contributed by atoms with van der Waals surface area (Å²) >= 11 is 0. The third-order valence-electron chi connectivity index (χ3n) is 4.12. The smallest absolute Gasteiger partial charge is 0.242 e. The molecule has 5 heteroatoms. The van der Waals surface area contributed by atoms with Gasteiger partial charge in [0.05, 0.1) is 4.90 Å². The number of sulfonamides is 1. The number of benzene rings is 3. The van der Waals surface area contributed by atoms with E-state index in [9.17, 15) is 13.2 Å². The van der Waals surface area contributed by atoms with Gasteiger partial charge in [-0.05, 0) is 52.7 Å². The highest BCUT2D eigenvalue weighted by Crippen LogP contribution is 2.18. The lowest BCUT2D eigenvalue weighted by molar-refractivity contribution is 0.104. The molecule has 0 aliphatic rings. The van der Waals surface area contributed by atoms with E-state index in [4.69, 9.17) is 0 Å². The van der Waals surface area contributed by atoms with Crippen molar-refractivity contribution in [3.63, 3.8) is 0 Å². The summed E-state index contributed by atoms with van der Waals surface area (Å²) in [5.41, 5.74) is 1.38. The zero-order valence-corrected chi connectivity index (χ0v) is 15.4. The van der Waals surface area contributed by atoms with Gasteiger partial charge in [0.15, 0.2) is 5.78 Å². The van der Waals surface area contributed by atoms with Crippen molar-refractivity contribution in [1.82, 2.24) is 4.31 Å². The predicted octanol–water partition coefficient (Wildman–Crippen LogP) is 3.99. The van der Waals surface area contributed by atoms with Crippen LogP contribution in [0.4, 0.5) is 0 Å². The van der Waals surface area contributed by atoms with Crippen LogP contribution in [0.25, 0.3) is 16.8 Å². The van der Waals surface area contributed by atoms with Crippen molar-refractivity contribution in [3.8, 4) is 0 Å². The Hall–Kier alpha value is -2.76. The number of rotatable bonds is 5. The summed E-state index contributed by atoms with van der Waals surface area (Å²) in [5.74, 6) is -0.174. The topological polar surface area (TPSA) is 54.5 Å². The number of ketones is 1. The van der Waals surface area contributed by atoms with E-state index in [-0.39, 0.29) is 10.7 Å². The van der Waals surface area contributed by atoms with Gasteiger partial charge in [0.2, 0.25) is 10.0 Å². The monoisotopic (exact) mass is 365 g/mol. The van der Waals surface area contributed by atoms with Crippen molar-refractivity contribution in [2.75, 3.05) is 14.1 Å². The van der Waals surface area contributed by atoms with Crippen molar-refractivity contribution < 1.29 is 13.2 Å². The Morgan fingerprint density at radius 3 is 2.19 bits per heavy atom. The van der Waals surface area contributed by atoms with E-state index in [0.29, 0.717) is 5.56 Å². The fourth-order valence-corrected chi connectivity index (χ4v) is 3.48. The van der Waals surface area contributed by atoms with Gasteiger partial charge in [0, 0.05) is 19.7 Å². The van der Waals surface area contributed by atoms with Gasteiger partial charge in [-0.15, -0.1) is 0 Å². The minimum atomic E-state index is -3.49. The van der Waals surface area contributed by atoms with Crippen molar-refractivity contribution in [2.24, 2.45) is 0 Å². The summed E-state index contributed by atoms with van der Waals surface area (Å²) in [6.45, 7) is 0. The molecule has 4 nitrogen and oxygen atoms in total. The zero-order chi connectivity index (χ0) is 18.7. The first kappa shape index (κ1) is 18.0. The predicted molar refractivity (Wildman–Crippen MR) is 105 cm³/mol. The van der Waals surface area contributed by atoms with E-state index in [1.807, 2.05) is 42.5 Å². The number of carbonyl (C=O) groups excluding carboxylic acids is 1. The fraction of sp³-hybridized carbons (Fsp3) is 0.0952. The molecule has 0 saturated carbocycles. The first-order valence-corrected chi connectivity index (χ1v) is 9.56. The van der Waals surface area contributed by atoms with Crippen LogP contribution in [-0.2, 0) is 10.0 Å². The first-order chi connectivity index (χ1) is 12.4. The van der Waals surface area contributed by atoms with Gasteiger partial charge < -0.3 is 0 Å². The highest BCUT2D eigenvalue weighted by atomic mass is 32.2. The summed E-state index contributed by atoms with van der Waals surface area (Å²) in [6, 6.07) is 20.0. The Morgan fingerprint density at radius 1 is 0.885 bits per heavy atom. The molecule has 0 aliphatic carbocycles. The number of fused-ring (bicyclic) bond motifs is 1. The molecule has 0 saturated heterocycles. The molecule has 0 spiro atoms. The van der Waals surface area contributed by atoms with E-state index in [0.717, 1.165) is 20.6 Å². The molecule has 0 aromatic heterocycles. The standard InChI is InChI=1S/C21H19NO3S/c1-22(2)26(24,25)20-12-10-18(11-13-20)21(23)14-8-16-7-9-17-5-3-4-6-19(17)15-16/h3-15H,1-2H3/b14-8+. The maximum atomic E-state index is 12.3. The molecule has 0 fully saturated rings. The molecule has 132 valence electrons. The third kappa shape index (κ3) is 3.74. The van der Waals surface area contributed by atoms with Gasteiger partial charge in [0.25, 0.3) is 0 Å². The van der Waals surface area contributed by atoms with Gasteiger partial charge in [-0.2, -0.15) is 0 Å². The average Bonchev–Trinajstić information content (AvgIpc) is 2.66. The van der Waals surface area contributed by atoms with Crippen LogP contribution in [0.5, 0.6) is 0 Å². The Kier molecular flexibility index (Phi) is 5.02. The quantitative estimate of drug-likeness (QED) is 0.507. The van der Waals surface area contributed by atoms with Gasteiger partial charge in [-0.3, -0.25) is 4.79 Å². The lowest BCUT2D eigenvalue weighted by atomic mass is 10.1. The Morgan fingerprint density at radius 2 is 1.54 bits per heavy atom. The van der Waals surface area contributed by atoms with Crippen molar-refractivity contribution >= 4 is 32.7 Å². The molecule has 26 heavy (non-hydrogen) atoms. The Labute approximate surface area is 153 Å². The minimum absolute atomic E-state index is 0.164. The molecular formula is C21H19NO3S. The lowest BCUT2D eigenvalue weighted by Crippen LogP contribution is -2.22. The molecule has 0 amide bonds. The van der Waals surface area contributed by atoms with E-state index in [1.54, 1.807) is 6.08 Å². The summed E-state index contributed by atoms with van der Waals surface area (Å²) in [5, 5.41) is 2.26. The second kappa shape index (κ2) is 7.23. The van der Waals surface area contributed by atoms with Crippen LogP contribution in [0.15, 0.2) is 77.7 Å². The maximum Gasteiger partial charge on any atom is 0.242 e. The fourth-order valence-electron chi connectivity index (χ4n) is 2.58. The van der Waals surface area contributed by atoms with Gasteiger partial charge >= 0.3 is 0 Å². The molecular weight excluding hydrogens is 346 g/mol. The summed E-state index contributed by atoms with van der Waals surface area (Å²) in [7, 11) is -0.546. The van der Waals surface area contributed by atoms with Crippen molar-refractivity contribution in [1.29, 1.82) is 0 Å². The average molecular weight is 365 g/mol. The van der Waals surface area contributed by atoms with Gasteiger partial charge in [-0.25, -0.2) is 12.7 Å². The molecule has 0 heterocycles. The van der Waals surface area contributed by atoms with Gasteiger partial charge in [-0.1, -0.05) is 42.5 Å². The van der Waals surface area contributed by atoms with E-state index in [2.05, 4.69) is 0 Å². The second-order valence-electron chi connectivity index (χ2n) is 6.12. The number of allylic oxidation sites excluding steroid dienone is 1. The normalized spacial score (nSPS) is 12.1. The molecule has 0 radical (unpaired) electrons. The van der Waals surface area contributed by atoms with E-state index >= 15 is 0 Å². The van der Waals surface area contributed by atoms with Crippen LogP contribution in [-0.4, -0.2) is 32.6 Å². The lowest BCUT2D eigenvalue weighted by Gasteiger charge is -2.11. The highest BCUT2D eigenvalue weighted by molar-refractivity contribution is 7.89.